The quantitative estimate of drug-likeness (QED) is 0.874. The van der Waals surface area contributed by atoms with Crippen molar-refractivity contribution in [2.45, 2.75) is 36.0 Å². The average molecular weight is 292 g/mol. The fourth-order valence-electron chi connectivity index (χ4n) is 2.45. The van der Waals surface area contributed by atoms with E-state index in [1.54, 1.807) is 11.8 Å². The molecule has 0 saturated heterocycles. The summed E-state index contributed by atoms with van der Waals surface area (Å²) >= 11 is 7.53. The molecule has 0 bridgehead atoms. The predicted octanol–water partition coefficient (Wildman–Crippen LogP) is 4.65. The highest BCUT2D eigenvalue weighted by molar-refractivity contribution is 7.99. The van der Waals surface area contributed by atoms with Crippen LogP contribution in [0.3, 0.4) is 0 Å². The van der Waals surface area contributed by atoms with Gasteiger partial charge in [0.05, 0.1) is 5.56 Å². The molecule has 19 heavy (non-hydrogen) atoms. The average Bonchev–Trinajstić information content (AvgIpc) is 2.70. The van der Waals surface area contributed by atoms with E-state index in [4.69, 9.17) is 11.6 Å². The SMILES string of the molecule is Cc1[nH]c2c(c1Sc1ccc(Cl)cc1)C(=O)CCC2. The van der Waals surface area contributed by atoms with Gasteiger partial charge >= 0.3 is 0 Å². The summed E-state index contributed by atoms with van der Waals surface area (Å²) in [5, 5.41) is 0.730. The second-order valence-corrected chi connectivity index (χ2v) is 6.29. The number of hydrogen-bond donors (Lipinski definition) is 1. The second-order valence-electron chi connectivity index (χ2n) is 4.77. The third-order valence-electron chi connectivity index (χ3n) is 3.35. The molecule has 0 fully saturated rings. The highest BCUT2D eigenvalue weighted by Crippen LogP contribution is 2.38. The van der Waals surface area contributed by atoms with Gasteiger partial charge in [-0.3, -0.25) is 4.79 Å². The number of aromatic amines is 1. The first kappa shape index (κ1) is 12.8. The van der Waals surface area contributed by atoms with Crippen LogP contribution < -0.4 is 0 Å². The lowest BCUT2D eigenvalue weighted by molar-refractivity contribution is 0.0969. The Kier molecular flexibility index (Phi) is 3.42. The number of aryl methyl sites for hydroxylation is 2. The third kappa shape index (κ3) is 2.45. The van der Waals surface area contributed by atoms with Crippen molar-refractivity contribution in [3.63, 3.8) is 0 Å². The largest absolute Gasteiger partial charge is 0.361 e. The number of carbonyl (C=O) groups excluding carboxylic acids is 1. The van der Waals surface area contributed by atoms with Gasteiger partial charge in [0.25, 0.3) is 0 Å². The molecule has 0 spiro atoms. The van der Waals surface area contributed by atoms with E-state index in [0.717, 1.165) is 44.6 Å². The molecule has 98 valence electrons. The Morgan fingerprint density at radius 3 is 2.68 bits per heavy atom. The molecule has 4 heteroatoms. The first-order valence-electron chi connectivity index (χ1n) is 6.33. The molecule has 2 nitrogen and oxygen atoms in total. The molecule has 2 aromatic rings. The molecule has 1 N–H and O–H groups in total. The fraction of sp³-hybridized carbons (Fsp3) is 0.267. The summed E-state index contributed by atoms with van der Waals surface area (Å²) in [5.74, 6) is 0.266. The van der Waals surface area contributed by atoms with E-state index in [2.05, 4.69) is 4.98 Å². The summed E-state index contributed by atoms with van der Waals surface area (Å²) in [6, 6.07) is 7.72. The van der Waals surface area contributed by atoms with Crippen molar-refractivity contribution in [2.24, 2.45) is 0 Å². The molecule has 1 heterocycles. The van der Waals surface area contributed by atoms with Gasteiger partial charge in [-0.2, -0.15) is 0 Å². The van der Waals surface area contributed by atoms with Gasteiger partial charge in [-0.25, -0.2) is 0 Å². The van der Waals surface area contributed by atoms with Crippen LogP contribution in [0, 0.1) is 6.92 Å². The minimum absolute atomic E-state index is 0.266. The molecule has 1 aromatic heterocycles. The predicted molar refractivity (Wildman–Crippen MR) is 78.4 cm³/mol. The Morgan fingerprint density at radius 1 is 1.21 bits per heavy atom. The number of nitrogens with one attached hydrogen (secondary N) is 1. The summed E-state index contributed by atoms with van der Waals surface area (Å²) in [7, 11) is 0. The molecule has 0 atom stereocenters. The van der Waals surface area contributed by atoms with Crippen LogP contribution in [-0.4, -0.2) is 10.8 Å². The number of rotatable bonds is 2. The van der Waals surface area contributed by atoms with Crippen molar-refractivity contribution in [2.75, 3.05) is 0 Å². The van der Waals surface area contributed by atoms with Crippen molar-refractivity contribution >= 4 is 29.1 Å². The maximum Gasteiger partial charge on any atom is 0.165 e. The third-order valence-corrected chi connectivity index (χ3v) is 4.83. The lowest BCUT2D eigenvalue weighted by Gasteiger charge is -2.11. The lowest BCUT2D eigenvalue weighted by atomic mass is 9.97. The van der Waals surface area contributed by atoms with E-state index >= 15 is 0 Å². The fourth-order valence-corrected chi connectivity index (χ4v) is 3.63. The van der Waals surface area contributed by atoms with E-state index < -0.39 is 0 Å². The minimum Gasteiger partial charge on any atom is -0.361 e. The Hall–Kier alpha value is -1.19. The standard InChI is InChI=1S/C15H14ClNOS/c1-9-15(19-11-7-5-10(16)6-8-11)14-12(17-9)3-2-4-13(14)18/h5-8,17H,2-4H2,1H3. The molecular formula is C15H14ClNOS. The van der Waals surface area contributed by atoms with Crippen molar-refractivity contribution in [1.29, 1.82) is 0 Å². The van der Waals surface area contributed by atoms with Crippen molar-refractivity contribution < 1.29 is 4.79 Å². The Bertz CT molecular complexity index is 630. The van der Waals surface area contributed by atoms with Crippen LogP contribution in [0.25, 0.3) is 0 Å². The molecule has 0 unspecified atom stereocenters. The summed E-state index contributed by atoms with van der Waals surface area (Å²) in [6.07, 6.45) is 2.60. The molecule has 1 aliphatic rings. The number of H-pyrrole nitrogens is 1. The topological polar surface area (TPSA) is 32.9 Å². The molecule has 1 aromatic carbocycles. The molecule has 3 rings (SSSR count). The number of Topliss-reactive ketones (excluding diaryl/α,β-unsaturated/α-hetero) is 1. The zero-order valence-electron chi connectivity index (χ0n) is 10.6. The molecule has 0 radical (unpaired) electrons. The van der Waals surface area contributed by atoms with Crippen LogP contribution in [-0.2, 0) is 6.42 Å². The number of fused-ring (bicyclic) bond motifs is 1. The molecule has 1 aliphatic carbocycles. The second kappa shape index (κ2) is 5.06. The summed E-state index contributed by atoms with van der Waals surface area (Å²) in [4.78, 5) is 17.6. The van der Waals surface area contributed by atoms with E-state index in [1.165, 1.54) is 0 Å². The maximum atomic E-state index is 12.1. The number of hydrogen-bond acceptors (Lipinski definition) is 2. The highest BCUT2D eigenvalue weighted by atomic mass is 35.5. The number of halogens is 1. The first-order valence-corrected chi connectivity index (χ1v) is 7.52. The van der Waals surface area contributed by atoms with Crippen LogP contribution >= 0.6 is 23.4 Å². The summed E-state index contributed by atoms with van der Waals surface area (Å²) < 4.78 is 0. The van der Waals surface area contributed by atoms with Crippen LogP contribution in [0.5, 0.6) is 0 Å². The number of carbonyl (C=O) groups is 1. The van der Waals surface area contributed by atoms with E-state index in [0.29, 0.717) is 6.42 Å². The normalized spacial score (nSPS) is 14.5. The van der Waals surface area contributed by atoms with Gasteiger partial charge in [-0.1, -0.05) is 23.4 Å². The van der Waals surface area contributed by atoms with Crippen LogP contribution in [0.15, 0.2) is 34.1 Å². The lowest BCUT2D eigenvalue weighted by Crippen LogP contribution is -2.09. The zero-order chi connectivity index (χ0) is 13.4. The van der Waals surface area contributed by atoms with Gasteiger partial charge in [-0.05, 0) is 44.0 Å². The molecule has 0 aliphatic heterocycles. The summed E-state index contributed by atoms with van der Waals surface area (Å²) in [6.45, 7) is 2.03. The van der Waals surface area contributed by atoms with E-state index in [9.17, 15) is 4.79 Å². The Morgan fingerprint density at radius 2 is 1.95 bits per heavy atom. The van der Waals surface area contributed by atoms with Crippen LogP contribution in [0.2, 0.25) is 5.02 Å². The van der Waals surface area contributed by atoms with Crippen molar-refractivity contribution in [1.82, 2.24) is 4.98 Å². The van der Waals surface area contributed by atoms with Crippen LogP contribution in [0.1, 0.15) is 34.6 Å². The van der Waals surface area contributed by atoms with Gasteiger partial charge in [0.1, 0.15) is 0 Å². The van der Waals surface area contributed by atoms with Gasteiger partial charge in [0, 0.05) is 32.6 Å². The van der Waals surface area contributed by atoms with Gasteiger partial charge in [0.15, 0.2) is 5.78 Å². The highest BCUT2D eigenvalue weighted by Gasteiger charge is 2.25. The van der Waals surface area contributed by atoms with Gasteiger partial charge in [-0.15, -0.1) is 0 Å². The monoisotopic (exact) mass is 291 g/mol. The van der Waals surface area contributed by atoms with Crippen molar-refractivity contribution in [3.05, 3.63) is 46.2 Å². The van der Waals surface area contributed by atoms with E-state index in [-0.39, 0.29) is 5.78 Å². The molecule has 0 amide bonds. The summed E-state index contributed by atoms with van der Waals surface area (Å²) in [5.41, 5.74) is 3.09. The minimum atomic E-state index is 0.266. The Labute approximate surface area is 121 Å². The maximum absolute atomic E-state index is 12.1. The van der Waals surface area contributed by atoms with Crippen molar-refractivity contribution in [3.8, 4) is 0 Å². The van der Waals surface area contributed by atoms with Gasteiger partial charge in [0.2, 0.25) is 0 Å². The molecular weight excluding hydrogens is 278 g/mol. The number of ketones is 1. The molecule has 0 saturated carbocycles. The smallest absolute Gasteiger partial charge is 0.165 e. The van der Waals surface area contributed by atoms with E-state index in [1.807, 2.05) is 31.2 Å². The van der Waals surface area contributed by atoms with Crippen LogP contribution in [0.4, 0.5) is 0 Å². The zero-order valence-corrected chi connectivity index (χ0v) is 12.2. The van der Waals surface area contributed by atoms with Gasteiger partial charge < -0.3 is 4.98 Å². The number of benzene rings is 1. The number of aromatic nitrogens is 1. The first-order chi connectivity index (χ1) is 9.15. The Balaban J connectivity index is 1.99.